The Bertz CT molecular complexity index is 1020. The van der Waals surface area contributed by atoms with E-state index in [2.05, 4.69) is 36.4 Å². The fourth-order valence-corrected chi connectivity index (χ4v) is 3.31. The molecule has 3 aromatic rings. The average Bonchev–Trinajstić information content (AvgIpc) is 2.59. The van der Waals surface area contributed by atoms with E-state index in [1.165, 1.54) is 11.6 Å². The zero-order valence-corrected chi connectivity index (χ0v) is 17.0. The first-order valence-corrected chi connectivity index (χ1v) is 9.43. The molecule has 0 atom stereocenters. The molecule has 0 amide bonds. The molecule has 0 N–H and O–H groups in total. The standard InChI is InChI=1S/C21H19IO4/c1-12(2)17-10-18-15(9-20(23)26-19(18)8-13(17)3)11-25-21(24)14-4-6-16(22)7-5-14/h4-10,12H,11H2,1-3H3. The molecule has 0 bridgehead atoms. The van der Waals surface area contributed by atoms with Gasteiger partial charge >= 0.3 is 11.6 Å². The number of benzene rings is 2. The second-order valence-corrected chi connectivity index (χ2v) is 7.78. The lowest BCUT2D eigenvalue weighted by Crippen LogP contribution is -2.08. The van der Waals surface area contributed by atoms with Crippen LogP contribution in [0, 0.1) is 10.5 Å². The fourth-order valence-electron chi connectivity index (χ4n) is 2.95. The summed E-state index contributed by atoms with van der Waals surface area (Å²) in [5.41, 5.74) is 3.45. The zero-order valence-electron chi connectivity index (χ0n) is 14.8. The molecule has 134 valence electrons. The summed E-state index contributed by atoms with van der Waals surface area (Å²) in [6.07, 6.45) is 0. The third-order valence-electron chi connectivity index (χ3n) is 4.28. The second-order valence-electron chi connectivity index (χ2n) is 6.53. The predicted octanol–water partition coefficient (Wildman–Crippen LogP) is 5.19. The van der Waals surface area contributed by atoms with Gasteiger partial charge in [-0.2, -0.15) is 0 Å². The molecule has 0 saturated carbocycles. The molecule has 1 aromatic heterocycles. The number of rotatable bonds is 4. The van der Waals surface area contributed by atoms with Crippen molar-refractivity contribution in [2.24, 2.45) is 0 Å². The third kappa shape index (κ3) is 3.98. The number of aryl methyl sites for hydroxylation is 1. The van der Waals surface area contributed by atoms with E-state index in [0.29, 0.717) is 22.6 Å². The van der Waals surface area contributed by atoms with Gasteiger partial charge in [0, 0.05) is 20.6 Å². The van der Waals surface area contributed by atoms with Crippen molar-refractivity contribution in [2.45, 2.75) is 33.3 Å². The van der Waals surface area contributed by atoms with Crippen molar-refractivity contribution >= 4 is 39.5 Å². The quantitative estimate of drug-likeness (QED) is 0.305. The van der Waals surface area contributed by atoms with Crippen molar-refractivity contribution in [1.82, 2.24) is 0 Å². The monoisotopic (exact) mass is 462 g/mol. The molecule has 0 aliphatic heterocycles. The van der Waals surface area contributed by atoms with Crippen molar-refractivity contribution in [3.8, 4) is 0 Å². The molecule has 26 heavy (non-hydrogen) atoms. The molecule has 0 saturated heterocycles. The van der Waals surface area contributed by atoms with Gasteiger partial charge in [0.15, 0.2) is 0 Å². The van der Waals surface area contributed by atoms with Crippen LogP contribution in [0.25, 0.3) is 11.0 Å². The Morgan fingerprint density at radius 2 is 1.85 bits per heavy atom. The maximum absolute atomic E-state index is 12.3. The van der Waals surface area contributed by atoms with Crippen molar-refractivity contribution in [3.63, 3.8) is 0 Å². The molecule has 0 aliphatic rings. The summed E-state index contributed by atoms with van der Waals surface area (Å²) in [7, 11) is 0. The highest BCUT2D eigenvalue weighted by Crippen LogP contribution is 2.27. The number of halogens is 1. The molecule has 0 fully saturated rings. The molecule has 2 aromatic carbocycles. The van der Waals surface area contributed by atoms with Crippen LogP contribution in [0.1, 0.15) is 46.8 Å². The number of carbonyl (C=O) groups excluding carboxylic acids is 1. The smallest absolute Gasteiger partial charge is 0.338 e. The number of esters is 1. The first kappa shape index (κ1) is 18.6. The molecule has 0 spiro atoms. The Kier molecular flexibility index (Phi) is 5.46. The van der Waals surface area contributed by atoms with Crippen LogP contribution in [-0.2, 0) is 11.3 Å². The lowest BCUT2D eigenvalue weighted by atomic mass is 9.95. The van der Waals surface area contributed by atoms with E-state index in [1.54, 1.807) is 12.1 Å². The van der Waals surface area contributed by atoms with Gasteiger partial charge in [-0.3, -0.25) is 0 Å². The van der Waals surface area contributed by atoms with Crippen LogP contribution >= 0.6 is 22.6 Å². The van der Waals surface area contributed by atoms with Crippen molar-refractivity contribution < 1.29 is 13.9 Å². The first-order valence-electron chi connectivity index (χ1n) is 8.35. The molecule has 0 aliphatic carbocycles. The molecule has 0 unspecified atom stereocenters. The maximum atomic E-state index is 12.3. The number of hydrogen-bond donors (Lipinski definition) is 0. The predicted molar refractivity (Wildman–Crippen MR) is 110 cm³/mol. The summed E-state index contributed by atoms with van der Waals surface area (Å²) in [4.78, 5) is 24.1. The summed E-state index contributed by atoms with van der Waals surface area (Å²) < 4.78 is 11.8. The van der Waals surface area contributed by atoms with Gasteiger partial charge < -0.3 is 9.15 Å². The summed E-state index contributed by atoms with van der Waals surface area (Å²) >= 11 is 2.18. The molecular formula is C21H19IO4. The Labute approximate surface area is 165 Å². The summed E-state index contributed by atoms with van der Waals surface area (Å²) in [5, 5.41) is 0.800. The van der Waals surface area contributed by atoms with Gasteiger partial charge in [0.2, 0.25) is 0 Å². The second kappa shape index (κ2) is 7.61. The third-order valence-corrected chi connectivity index (χ3v) is 5.00. The lowest BCUT2D eigenvalue weighted by Gasteiger charge is -2.13. The highest BCUT2D eigenvalue weighted by atomic mass is 127. The number of carbonyl (C=O) groups is 1. The molecule has 0 radical (unpaired) electrons. The lowest BCUT2D eigenvalue weighted by molar-refractivity contribution is 0.0474. The Morgan fingerprint density at radius 3 is 2.50 bits per heavy atom. The number of hydrogen-bond acceptors (Lipinski definition) is 4. The largest absolute Gasteiger partial charge is 0.457 e. The number of fused-ring (bicyclic) bond motifs is 1. The van der Waals surface area contributed by atoms with E-state index in [0.717, 1.165) is 14.5 Å². The van der Waals surface area contributed by atoms with Crippen molar-refractivity contribution in [1.29, 1.82) is 0 Å². The fraction of sp³-hybridized carbons (Fsp3) is 0.238. The minimum atomic E-state index is -0.450. The van der Waals surface area contributed by atoms with Crippen LogP contribution in [0.5, 0.6) is 0 Å². The van der Waals surface area contributed by atoms with Crippen molar-refractivity contribution in [2.75, 3.05) is 0 Å². The number of ether oxygens (including phenoxy) is 1. The minimum absolute atomic E-state index is 0.0213. The van der Waals surface area contributed by atoms with Gasteiger partial charge in [-0.05, 0) is 83.0 Å². The Balaban J connectivity index is 1.93. The van der Waals surface area contributed by atoms with Gasteiger partial charge in [-0.15, -0.1) is 0 Å². The van der Waals surface area contributed by atoms with E-state index in [4.69, 9.17) is 9.15 Å². The van der Waals surface area contributed by atoms with Crippen molar-refractivity contribution in [3.05, 3.63) is 78.7 Å². The first-order chi connectivity index (χ1) is 12.3. The zero-order chi connectivity index (χ0) is 18.8. The Morgan fingerprint density at radius 1 is 1.15 bits per heavy atom. The highest BCUT2D eigenvalue weighted by Gasteiger charge is 2.13. The molecule has 3 rings (SSSR count). The van der Waals surface area contributed by atoms with Crippen LogP contribution in [0.4, 0.5) is 0 Å². The van der Waals surface area contributed by atoms with Gasteiger partial charge in [0.05, 0.1) is 5.56 Å². The summed E-state index contributed by atoms with van der Waals surface area (Å²) in [5.74, 6) is -0.0764. The van der Waals surface area contributed by atoms with Crippen LogP contribution in [-0.4, -0.2) is 5.97 Å². The van der Waals surface area contributed by atoms with Gasteiger partial charge in [0.1, 0.15) is 12.2 Å². The van der Waals surface area contributed by atoms with Crippen LogP contribution in [0.15, 0.2) is 51.7 Å². The van der Waals surface area contributed by atoms with E-state index in [-0.39, 0.29) is 6.61 Å². The van der Waals surface area contributed by atoms with Crippen LogP contribution in [0.3, 0.4) is 0 Å². The molecule has 1 heterocycles. The van der Waals surface area contributed by atoms with Crippen LogP contribution < -0.4 is 5.63 Å². The average molecular weight is 462 g/mol. The van der Waals surface area contributed by atoms with E-state index >= 15 is 0 Å². The molecular weight excluding hydrogens is 443 g/mol. The molecule has 5 heteroatoms. The van der Waals surface area contributed by atoms with Gasteiger partial charge in [-0.1, -0.05) is 13.8 Å². The SMILES string of the molecule is Cc1cc2oc(=O)cc(COC(=O)c3ccc(I)cc3)c2cc1C(C)C. The molecule has 4 nitrogen and oxygen atoms in total. The topological polar surface area (TPSA) is 56.5 Å². The van der Waals surface area contributed by atoms with E-state index in [1.807, 2.05) is 31.2 Å². The summed E-state index contributed by atoms with van der Waals surface area (Å²) in [6.45, 7) is 6.25. The maximum Gasteiger partial charge on any atom is 0.338 e. The van der Waals surface area contributed by atoms with Gasteiger partial charge in [0.25, 0.3) is 0 Å². The summed E-state index contributed by atoms with van der Waals surface area (Å²) in [6, 6.07) is 12.4. The van der Waals surface area contributed by atoms with E-state index in [9.17, 15) is 9.59 Å². The Hall–Kier alpha value is -2.15. The highest BCUT2D eigenvalue weighted by molar-refractivity contribution is 14.1. The van der Waals surface area contributed by atoms with Crippen LogP contribution in [0.2, 0.25) is 0 Å². The normalized spacial score (nSPS) is 11.1. The van der Waals surface area contributed by atoms with E-state index < -0.39 is 11.6 Å². The minimum Gasteiger partial charge on any atom is -0.457 e. The van der Waals surface area contributed by atoms with Gasteiger partial charge in [-0.25, -0.2) is 9.59 Å².